The fraction of sp³-hybridized carbons (Fsp3) is 0.143. The van der Waals surface area contributed by atoms with E-state index in [9.17, 15) is 0 Å². The summed E-state index contributed by atoms with van der Waals surface area (Å²) in [6, 6.07) is 10.7. The van der Waals surface area contributed by atoms with E-state index in [1.165, 1.54) is 0 Å². The zero-order valence-corrected chi connectivity index (χ0v) is 14.1. The molecule has 2 rings (SSSR count). The van der Waals surface area contributed by atoms with E-state index in [-0.39, 0.29) is 0 Å². The molecule has 2 aromatic rings. The second-order valence-corrected chi connectivity index (χ2v) is 5.99. The molecule has 20 heavy (non-hydrogen) atoms. The van der Waals surface area contributed by atoms with Crippen LogP contribution in [0.25, 0.3) is 0 Å². The van der Waals surface area contributed by atoms with Crippen molar-refractivity contribution in [1.82, 2.24) is 0 Å². The molecular weight excluding hydrogens is 386 g/mol. The van der Waals surface area contributed by atoms with E-state index < -0.39 is 0 Å². The van der Waals surface area contributed by atoms with Crippen LogP contribution >= 0.6 is 50.7 Å². The molecule has 6 heteroatoms. The van der Waals surface area contributed by atoms with Crippen LogP contribution in [0.15, 0.2) is 40.9 Å². The molecule has 0 aliphatic heterocycles. The normalized spacial score (nSPS) is 10.4. The van der Waals surface area contributed by atoms with Gasteiger partial charge < -0.3 is 9.47 Å². The van der Waals surface area contributed by atoms with Crippen molar-refractivity contribution < 1.29 is 9.47 Å². The molecule has 0 aromatic heterocycles. The molecule has 0 unspecified atom stereocenters. The summed E-state index contributed by atoms with van der Waals surface area (Å²) in [5, 5.41) is 1.22. The molecule has 2 nitrogen and oxygen atoms in total. The second-order valence-electron chi connectivity index (χ2n) is 3.85. The third-order valence-corrected chi connectivity index (χ3v) is 3.89. The maximum atomic E-state index is 6.00. The van der Waals surface area contributed by atoms with Crippen molar-refractivity contribution in [2.24, 2.45) is 0 Å². The Morgan fingerprint density at radius 3 is 2.30 bits per heavy atom. The molecule has 0 fully saturated rings. The summed E-state index contributed by atoms with van der Waals surface area (Å²) in [7, 11) is 0. The summed E-state index contributed by atoms with van der Waals surface area (Å²) in [6.45, 7) is 0.747. The minimum Gasteiger partial charge on any atom is -0.490 e. The molecule has 0 bridgehead atoms. The summed E-state index contributed by atoms with van der Waals surface area (Å²) in [6.07, 6.45) is 0. The van der Waals surface area contributed by atoms with E-state index in [0.29, 0.717) is 34.0 Å². The van der Waals surface area contributed by atoms with Gasteiger partial charge in [-0.3, -0.25) is 0 Å². The Labute approximate surface area is 140 Å². The third-order valence-electron chi connectivity index (χ3n) is 2.38. The van der Waals surface area contributed by atoms with Crippen molar-refractivity contribution in [3.63, 3.8) is 0 Å². The van der Waals surface area contributed by atoms with Crippen LogP contribution in [0.4, 0.5) is 0 Å². The smallest absolute Gasteiger partial charge is 0.139 e. The molecule has 0 heterocycles. The highest BCUT2D eigenvalue weighted by molar-refractivity contribution is 9.10. The predicted octanol–water partition coefficient (Wildman–Crippen LogP) is 5.87. The zero-order valence-electron chi connectivity index (χ0n) is 10.2. The molecule has 0 amide bonds. The van der Waals surface area contributed by atoms with Gasteiger partial charge in [0.05, 0.1) is 15.1 Å². The monoisotopic (exact) mass is 394 g/mol. The number of hydrogen-bond donors (Lipinski definition) is 0. The summed E-state index contributed by atoms with van der Waals surface area (Å²) >= 11 is 21.1. The lowest BCUT2D eigenvalue weighted by Gasteiger charge is -2.10. The molecule has 0 atom stereocenters. The number of halogens is 4. The minimum atomic E-state index is 0.351. The van der Waals surface area contributed by atoms with Crippen LogP contribution in [-0.4, -0.2) is 13.2 Å². The van der Waals surface area contributed by atoms with Crippen molar-refractivity contribution in [2.45, 2.75) is 0 Å². The number of ether oxygens (including phenoxy) is 2. The van der Waals surface area contributed by atoms with E-state index >= 15 is 0 Å². The SMILES string of the molecule is Clc1cc(Cl)c(OCCOc2cccc(Br)c2)cc1Cl. The first-order valence-corrected chi connectivity index (χ1v) is 7.64. The van der Waals surface area contributed by atoms with Gasteiger partial charge in [0.25, 0.3) is 0 Å². The van der Waals surface area contributed by atoms with Crippen LogP contribution in [-0.2, 0) is 0 Å². The van der Waals surface area contributed by atoms with Gasteiger partial charge in [-0.1, -0.05) is 56.8 Å². The zero-order chi connectivity index (χ0) is 14.5. The maximum absolute atomic E-state index is 6.00. The molecule has 0 aliphatic rings. The van der Waals surface area contributed by atoms with Crippen LogP contribution in [0.2, 0.25) is 15.1 Å². The van der Waals surface area contributed by atoms with Gasteiger partial charge in [0.1, 0.15) is 24.7 Å². The van der Waals surface area contributed by atoms with Crippen LogP contribution < -0.4 is 9.47 Å². The minimum absolute atomic E-state index is 0.351. The van der Waals surface area contributed by atoms with Crippen molar-refractivity contribution in [3.8, 4) is 11.5 Å². The number of rotatable bonds is 5. The number of hydrogen-bond acceptors (Lipinski definition) is 2. The highest BCUT2D eigenvalue weighted by Crippen LogP contribution is 2.33. The summed E-state index contributed by atoms with van der Waals surface area (Å²) in [5.41, 5.74) is 0. The Morgan fingerprint density at radius 1 is 0.850 bits per heavy atom. The van der Waals surface area contributed by atoms with E-state index in [1.54, 1.807) is 12.1 Å². The summed E-state index contributed by atoms with van der Waals surface area (Å²) in [4.78, 5) is 0. The van der Waals surface area contributed by atoms with Crippen LogP contribution in [0.3, 0.4) is 0 Å². The highest BCUT2D eigenvalue weighted by Gasteiger charge is 2.07. The molecule has 0 saturated carbocycles. The van der Waals surface area contributed by atoms with Crippen LogP contribution in [0.1, 0.15) is 0 Å². The standard InChI is InChI=1S/C14H10BrCl3O2/c15-9-2-1-3-10(6-9)19-4-5-20-14-8-12(17)11(16)7-13(14)18/h1-3,6-8H,4-5H2. The molecule has 0 saturated heterocycles. The average Bonchev–Trinajstić information content (AvgIpc) is 2.40. The van der Waals surface area contributed by atoms with Gasteiger partial charge in [-0.05, 0) is 24.3 Å². The highest BCUT2D eigenvalue weighted by atomic mass is 79.9. The van der Waals surface area contributed by atoms with Crippen molar-refractivity contribution in [3.05, 3.63) is 55.9 Å². The van der Waals surface area contributed by atoms with Gasteiger partial charge in [-0.25, -0.2) is 0 Å². The first-order valence-electron chi connectivity index (χ1n) is 5.72. The Kier molecular flexibility index (Phi) is 5.85. The lowest BCUT2D eigenvalue weighted by Crippen LogP contribution is -2.09. The van der Waals surface area contributed by atoms with E-state index in [4.69, 9.17) is 44.3 Å². The lowest BCUT2D eigenvalue weighted by atomic mass is 10.3. The largest absolute Gasteiger partial charge is 0.490 e. The first-order chi connectivity index (χ1) is 9.56. The van der Waals surface area contributed by atoms with Crippen LogP contribution in [0.5, 0.6) is 11.5 Å². The first kappa shape index (κ1) is 15.8. The second kappa shape index (κ2) is 7.41. The third kappa shape index (κ3) is 4.45. The fourth-order valence-electron chi connectivity index (χ4n) is 1.48. The molecule has 106 valence electrons. The van der Waals surface area contributed by atoms with E-state index in [0.717, 1.165) is 10.2 Å². The predicted molar refractivity (Wildman–Crippen MR) is 86.6 cm³/mol. The van der Waals surface area contributed by atoms with Gasteiger partial charge in [0.2, 0.25) is 0 Å². The van der Waals surface area contributed by atoms with Gasteiger partial charge in [0, 0.05) is 10.5 Å². The Morgan fingerprint density at radius 2 is 1.55 bits per heavy atom. The van der Waals surface area contributed by atoms with Crippen molar-refractivity contribution >= 4 is 50.7 Å². The Bertz CT molecular complexity index is 605. The molecule has 0 N–H and O–H groups in total. The summed E-state index contributed by atoms with van der Waals surface area (Å²) in [5.74, 6) is 1.25. The number of benzene rings is 2. The van der Waals surface area contributed by atoms with Crippen molar-refractivity contribution in [1.29, 1.82) is 0 Å². The summed E-state index contributed by atoms with van der Waals surface area (Å²) < 4.78 is 12.0. The molecule has 0 spiro atoms. The quantitative estimate of drug-likeness (QED) is 0.465. The van der Waals surface area contributed by atoms with Crippen molar-refractivity contribution in [2.75, 3.05) is 13.2 Å². The molecule has 0 aliphatic carbocycles. The maximum Gasteiger partial charge on any atom is 0.139 e. The van der Waals surface area contributed by atoms with Crippen LogP contribution in [0, 0.1) is 0 Å². The molecular formula is C14H10BrCl3O2. The van der Waals surface area contributed by atoms with E-state index in [2.05, 4.69) is 15.9 Å². The average molecular weight is 396 g/mol. The molecule has 2 aromatic carbocycles. The Balaban J connectivity index is 1.86. The fourth-order valence-corrected chi connectivity index (χ4v) is 2.45. The Hall–Kier alpha value is -0.610. The van der Waals surface area contributed by atoms with E-state index in [1.807, 2.05) is 24.3 Å². The van der Waals surface area contributed by atoms with Gasteiger partial charge in [-0.15, -0.1) is 0 Å². The topological polar surface area (TPSA) is 18.5 Å². The lowest BCUT2D eigenvalue weighted by molar-refractivity contribution is 0.217. The van der Waals surface area contributed by atoms with Gasteiger partial charge in [-0.2, -0.15) is 0 Å². The molecule has 0 radical (unpaired) electrons. The van der Waals surface area contributed by atoms with Gasteiger partial charge >= 0.3 is 0 Å². The van der Waals surface area contributed by atoms with Gasteiger partial charge in [0.15, 0.2) is 0 Å².